The zero-order chi connectivity index (χ0) is 19.5. The van der Waals surface area contributed by atoms with Crippen LogP contribution in [0, 0.1) is 0 Å². The molecule has 0 unspecified atom stereocenters. The number of piperidine rings is 1. The average molecular weight is 381 g/mol. The number of ether oxygens (including phenoxy) is 1. The first-order valence-corrected chi connectivity index (χ1v) is 9.50. The number of phenols is 1. The molecule has 7 heteroatoms. The molecule has 2 fully saturated rings. The topological polar surface area (TPSA) is 82.1 Å². The van der Waals surface area contributed by atoms with E-state index in [1.54, 1.807) is 35.2 Å². The molecule has 0 saturated carbocycles. The molecule has 3 amide bonds. The number of benzene rings is 2. The number of carbonyl (C=O) groups excluding carboxylic acids is 2. The van der Waals surface area contributed by atoms with E-state index in [0.29, 0.717) is 37.5 Å². The Hall–Kier alpha value is -3.22. The van der Waals surface area contributed by atoms with Crippen molar-refractivity contribution in [3.05, 3.63) is 54.1 Å². The summed E-state index contributed by atoms with van der Waals surface area (Å²) in [6.07, 6.45) is 1.48. The standard InChI is InChI=1S/C21H23N3O4/c25-17-5-2-6-19(14-17)28-18-7-10-23(11-8-18)20(26)15-3-1-4-16(13-15)24-12-9-22-21(24)27/h1-6,13-14,18,25H,7-12H2,(H,22,27). The predicted molar refractivity (Wildman–Crippen MR) is 105 cm³/mol. The van der Waals surface area contributed by atoms with Gasteiger partial charge >= 0.3 is 6.03 Å². The summed E-state index contributed by atoms with van der Waals surface area (Å²) in [5.74, 6) is 0.787. The van der Waals surface area contributed by atoms with Crippen LogP contribution in [0.1, 0.15) is 23.2 Å². The highest BCUT2D eigenvalue weighted by atomic mass is 16.5. The first-order chi connectivity index (χ1) is 13.6. The van der Waals surface area contributed by atoms with Gasteiger partial charge < -0.3 is 20.1 Å². The number of amides is 3. The van der Waals surface area contributed by atoms with Crippen LogP contribution in [-0.2, 0) is 0 Å². The SMILES string of the molecule is O=C(c1cccc(N2CCNC2=O)c1)N1CCC(Oc2cccc(O)c2)CC1. The number of aromatic hydroxyl groups is 1. The molecule has 2 aromatic rings. The van der Waals surface area contributed by atoms with Crippen molar-refractivity contribution >= 4 is 17.6 Å². The van der Waals surface area contributed by atoms with Gasteiger partial charge in [-0.15, -0.1) is 0 Å². The third-order valence-corrected chi connectivity index (χ3v) is 5.11. The molecule has 4 rings (SSSR count). The largest absolute Gasteiger partial charge is 0.508 e. The number of hydrogen-bond donors (Lipinski definition) is 2. The monoisotopic (exact) mass is 381 g/mol. The molecule has 2 saturated heterocycles. The van der Waals surface area contributed by atoms with E-state index in [9.17, 15) is 14.7 Å². The Bertz CT molecular complexity index is 877. The van der Waals surface area contributed by atoms with Gasteiger partial charge in [-0.1, -0.05) is 12.1 Å². The highest BCUT2D eigenvalue weighted by Gasteiger charge is 2.26. The van der Waals surface area contributed by atoms with Crippen molar-refractivity contribution in [3.63, 3.8) is 0 Å². The van der Waals surface area contributed by atoms with Crippen molar-refractivity contribution in [2.45, 2.75) is 18.9 Å². The lowest BCUT2D eigenvalue weighted by Crippen LogP contribution is -2.41. The van der Waals surface area contributed by atoms with Crippen LogP contribution in [-0.4, -0.2) is 54.2 Å². The van der Waals surface area contributed by atoms with E-state index >= 15 is 0 Å². The highest BCUT2D eigenvalue weighted by molar-refractivity contribution is 5.98. The van der Waals surface area contributed by atoms with Gasteiger partial charge in [-0.3, -0.25) is 9.69 Å². The van der Waals surface area contributed by atoms with Gasteiger partial charge in [-0.2, -0.15) is 0 Å². The fraction of sp³-hybridized carbons (Fsp3) is 0.333. The molecule has 0 aliphatic carbocycles. The van der Waals surface area contributed by atoms with Crippen LogP contribution in [0.3, 0.4) is 0 Å². The van der Waals surface area contributed by atoms with E-state index in [0.717, 1.165) is 18.5 Å². The lowest BCUT2D eigenvalue weighted by molar-refractivity contribution is 0.0595. The summed E-state index contributed by atoms with van der Waals surface area (Å²) in [6, 6.07) is 13.9. The number of anilines is 1. The molecule has 2 aliphatic heterocycles. The maximum absolute atomic E-state index is 12.9. The molecule has 0 aromatic heterocycles. The first kappa shape index (κ1) is 18.2. The second-order valence-corrected chi connectivity index (χ2v) is 7.04. The van der Waals surface area contributed by atoms with E-state index in [1.165, 1.54) is 0 Å². The maximum atomic E-state index is 12.9. The molecule has 2 N–H and O–H groups in total. The molecule has 28 heavy (non-hydrogen) atoms. The number of phenolic OH excluding ortho intramolecular Hbond substituents is 1. The van der Waals surface area contributed by atoms with Crippen LogP contribution in [0.4, 0.5) is 10.5 Å². The molecule has 146 valence electrons. The molecular formula is C21H23N3O4. The molecule has 7 nitrogen and oxygen atoms in total. The zero-order valence-electron chi connectivity index (χ0n) is 15.5. The van der Waals surface area contributed by atoms with Crippen LogP contribution >= 0.6 is 0 Å². The summed E-state index contributed by atoms with van der Waals surface area (Å²) in [7, 11) is 0. The molecular weight excluding hydrogens is 358 g/mol. The molecule has 0 atom stereocenters. The van der Waals surface area contributed by atoms with E-state index < -0.39 is 0 Å². The fourth-order valence-electron chi connectivity index (χ4n) is 3.63. The average Bonchev–Trinajstić information content (AvgIpc) is 3.14. The summed E-state index contributed by atoms with van der Waals surface area (Å²) < 4.78 is 5.92. The van der Waals surface area contributed by atoms with Gasteiger partial charge in [0.25, 0.3) is 5.91 Å². The fourth-order valence-corrected chi connectivity index (χ4v) is 3.63. The van der Waals surface area contributed by atoms with Gasteiger partial charge in [-0.25, -0.2) is 4.79 Å². The van der Waals surface area contributed by atoms with Crippen molar-refractivity contribution in [1.29, 1.82) is 0 Å². The Balaban J connectivity index is 1.37. The van der Waals surface area contributed by atoms with Gasteiger partial charge in [0.1, 0.15) is 17.6 Å². The smallest absolute Gasteiger partial charge is 0.321 e. The van der Waals surface area contributed by atoms with E-state index in [4.69, 9.17) is 4.74 Å². The van der Waals surface area contributed by atoms with Crippen LogP contribution in [0.25, 0.3) is 0 Å². The lowest BCUT2D eigenvalue weighted by Gasteiger charge is -2.32. The van der Waals surface area contributed by atoms with Crippen LogP contribution < -0.4 is 15.0 Å². The molecule has 0 radical (unpaired) electrons. The quantitative estimate of drug-likeness (QED) is 0.853. The van der Waals surface area contributed by atoms with Crippen LogP contribution in [0.2, 0.25) is 0 Å². The number of nitrogens with one attached hydrogen (secondary N) is 1. The Kier molecular flexibility index (Phi) is 5.06. The number of carbonyl (C=O) groups is 2. The third-order valence-electron chi connectivity index (χ3n) is 5.11. The van der Waals surface area contributed by atoms with Gasteiger partial charge in [-0.05, 0) is 30.3 Å². The molecule has 0 spiro atoms. The van der Waals surface area contributed by atoms with Crippen molar-refractivity contribution in [2.75, 3.05) is 31.1 Å². The predicted octanol–water partition coefficient (Wildman–Crippen LogP) is 2.61. The third kappa shape index (κ3) is 3.88. The van der Waals surface area contributed by atoms with Crippen LogP contribution in [0.15, 0.2) is 48.5 Å². The minimum absolute atomic E-state index is 0.0190. The van der Waals surface area contributed by atoms with Crippen molar-refractivity contribution in [2.24, 2.45) is 0 Å². The van der Waals surface area contributed by atoms with Gasteiger partial charge in [0, 0.05) is 56.3 Å². The Labute approximate surface area is 163 Å². The molecule has 0 bridgehead atoms. The summed E-state index contributed by atoms with van der Waals surface area (Å²) in [5, 5.41) is 12.3. The highest BCUT2D eigenvalue weighted by Crippen LogP contribution is 2.24. The second-order valence-electron chi connectivity index (χ2n) is 7.04. The zero-order valence-corrected chi connectivity index (χ0v) is 15.5. The van der Waals surface area contributed by atoms with E-state index in [1.807, 2.05) is 23.1 Å². The van der Waals surface area contributed by atoms with Crippen molar-refractivity contribution in [1.82, 2.24) is 10.2 Å². The number of urea groups is 1. The normalized spacial score (nSPS) is 17.5. The second kappa shape index (κ2) is 7.80. The summed E-state index contributed by atoms with van der Waals surface area (Å²) in [4.78, 5) is 28.2. The minimum atomic E-state index is -0.130. The summed E-state index contributed by atoms with van der Waals surface area (Å²) in [6.45, 7) is 2.44. The molecule has 2 aromatic carbocycles. The van der Waals surface area contributed by atoms with Gasteiger partial charge in [0.2, 0.25) is 0 Å². The van der Waals surface area contributed by atoms with Crippen LogP contribution in [0.5, 0.6) is 11.5 Å². The molecule has 2 aliphatic rings. The van der Waals surface area contributed by atoms with E-state index in [2.05, 4.69) is 5.32 Å². The van der Waals surface area contributed by atoms with Gasteiger partial charge in [0.05, 0.1) is 0 Å². The maximum Gasteiger partial charge on any atom is 0.321 e. The number of rotatable bonds is 4. The van der Waals surface area contributed by atoms with E-state index in [-0.39, 0.29) is 23.8 Å². The first-order valence-electron chi connectivity index (χ1n) is 9.50. The summed E-state index contributed by atoms with van der Waals surface area (Å²) in [5.41, 5.74) is 1.33. The van der Waals surface area contributed by atoms with Gasteiger partial charge in [0.15, 0.2) is 0 Å². The summed E-state index contributed by atoms with van der Waals surface area (Å²) >= 11 is 0. The Morgan fingerprint density at radius 1 is 1.07 bits per heavy atom. The minimum Gasteiger partial charge on any atom is -0.508 e. The molecule has 2 heterocycles. The van der Waals surface area contributed by atoms with Crippen molar-refractivity contribution < 1.29 is 19.4 Å². The number of likely N-dealkylation sites (tertiary alicyclic amines) is 1. The number of nitrogens with zero attached hydrogens (tertiary/aromatic N) is 2. The Morgan fingerprint density at radius 3 is 2.57 bits per heavy atom. The van der Waals surface area contributed by atoms with Crippen molar-refractivity contribution in [3.8, 4) is 11.5 Å². The Morgan fingerprint density at radius 2 is 1.86 bits per heavy atom. The number of hydrogen-bond acceptors (Lipinski definition) is 4. The lowest BCUT2D eigenvalue weighted by atomic mass is 10.1.